The van der Waals surface area contributed by atoms with Crippen LogP contribution in [0.2, 0.25) is 0 Å². The minimum atomic E-state index is -3.97. The monoisotopic (exact) mass is 301 g/mol. The molecular weight excluding hydrogens is 294 g/mol. The second-order valence-electron chi connectivity index (χ2n) is 4.15. The van der Waals surface area contributed by atoms with Gasteiger partial charge in [0.15, 0.2) is 5.82 Å². The van der Waals surface area contributed by atoms with E-state index in [2.05, 4.69) is 20.4 Å². The molecule has 0 aromatic carbocycles. The van der Waals surface area contributed by atoms with Crippen molar-refractivity contribution in [2.45, 2.75) is 24.0 Å². The first kappa shape index (κ1) is 12.3. The van der Waals surface area contributed by atoms with Gasteiger partial charge in [0, 0.05) is 22.8 Å². The Morgan fingerprint density at radius 3 is 2.58 bits per heavy atom. The summed E-state index contributed by atoms with van der Waals surface area (Å²) < 4.78 is 24.3. The fourth-order valence-corrected chi connectivity index (χ4v) is 2.67. The van der Waals surface area contributed by atoms with Crippen LogP contribution in [0.15, 0.2) is 22.1 Å². The Morgan fingerprint density at radius 1 is 1.32 bits per heavy atom. The topological polar surface area (TPSA) is 111 Å². The third-order valence-corrected chi connectivity index (χ3v) is 3.83. The Morgan fingerprint density at radius 2 is 2.05 bits per heavy atom. The molecule has 0 saturated heterocycles. The molecule has 1 aliphatic carbocycles. The molecule has 0 atom stereocenters. The van der Waals surface area contributed by atoms with Crippen molar-refractivity contribution in [2.24, 2.45) is 0 Å². The first-order chi connectivity index (χ1) is 8.97. The van der Waals surface area contributed by atoms with Gasteiger partial charge < -0.3 is 0 Å². The largest absolute Gasteiger partial charge is 0.296 e. The summed E-state index contributed by atoms with van der Waals surface area (Å²) in [5.41, 5.74) is -0.0167. The number of aromatic nitrogens is 5. The number of aromatic amines is 1. The van der Waals surface area contributed by atoms with E-state index in [9.17, 15) is 13.2 Å². The maximum atomic E-state index is 11.4. The van der Waals surface area contributed by atoms with Crippen LogP contribution in [0.4, 0.5) is 0 Å². The molecule has 8 nitrogen and oxygen atoms in total. The second kappa shape index (κ2) is 4.14. The van der Waals surface area contributed by atoms with Crippen molar-refractivity contribution >= 4 is 19.7 Å². The molecule has 3 rings (SSSR count). The fourth-order valence-electron chi connectivity index (χ4n) is 1.75. The Kier molecular flexibility index (Phi) is 2.68. The molecule has 1 saturated carbocycles. The van der Waals surface area contributed by atoms with E-state index in [-0.39, 0.29) is 22.6 Å². The first-order valence-corrected chi connectivity index (χ1v) is 7.73. The minimum Gasteiger partial charge on any atom is -0.292 e. The van der Waals surface area contributed by atoms with Gasteiger partial charge in [-0.3, -0.25) is 9.36 Å². The van der Waals surface area contributed by atoms with E-state index < -0.39 is 9.05 Å². The first-order valence-electron chi connectivity index (χ1n) is 5.42. The molecule has 0 aliphatic heterocycles. The summed E-state index contributed by atoms with van der Waals surface area (Å²) >= 11 is 0. The van der Waals surface area contributed by atoms with Gasteiger partial charge in [0.1, 0.15) is 5.69 Å². The highest BCUT2D eigenvalue weighted by atomic mass is 35.7. The maximum Gasteiger partial charge on any atom is 0.296 e. The molecule has 2 aromatic rings. The van der Waals surface area contributed by atoms with Crippen molar-refractivity contribution in [3.05, 3.63) is 22.5 Å². The molecule has 0 radical (unpaired) electrons. The van der Waals surface area contributed by atoms with Crippen LogP contribution >= 0.6 is 10.7 Å². The summed E-state index contributed by atoms with van der Waals surface area (Å²) in [5, 5.41) is 13.2. The van der Waals surface area contributed by atoms with Crippen molar-refractivity contribution in [3.63, 3.8) is 0 Å². The molecule has 100 valence electrons. The molecule has 1 fully saturated rings. The van der Waals surface area contributed by atoms with Gasteiger partial charge in [-0.25, -0.2) is 13.5 Å². The highest BCUT2D eigenvalue weighted by Crippen LogP contribution is 2.39. The quantitative estimate of drug-likeness (QED) is 0.816. The summed E-state index contributed by atoms with van der Waals surface area (Å²) in [5.74, 6) is 0.276. The molecule has 0 unspecified atom stereocenters. The van der Waals surface area contributed by atoms with Crippen molar-refractivity contribution in [1.82, 2.24) is 25.0 Å². The van der Waals surface area contributed by atoms with Gasteiger partial charge in [0.2, 0.25) is 0 Å². The summed E-state index contributed by atoms with van der Waals surface area (Å²) in [6.45, 7) is 0. The molecule has 0 spiro atoms. The summed E-state index contributed by atoms with van der Waals surface area (Å²) in [6, 6.07) is 2.73. The SMILES string of the molecule is O=c1ccc(-c2nnc(S(=O)(=O)Cl)n2C2CC2)n[nH]1. The van der Waals surface area contributed by atoms with Crippen LogP contribution in [0, 0.1) is 0 Å². The van der Waals surface area contributed by atoms with Gasteiger partial charge in [-0.1, -0.05) is 0 Å². The number of H-pyrrole nitrogens is 1. The van der Waals surface area contributed by atoms with E-state index >= 15 is 0 Å². The number of hydrogen-bond acceptors (Lipinski definition) is 6. The van der Waals surface area contributed by atoms with Crippen LogP contribution in [0.5, 0.6) is 0 Å². The van der Waals surface area contributed by atoms with Gasteiger partial charge in [-0.2, -0.15) is 5.10 Å². The van der Waals surface area contributed by atoms with Crippen molar-refractivity contribution < 1.29 is 8.42 Å². The predicted octanol–water partition coefficient (Wildman–Crippen LogP) is 0.291. The summed E-state index contributed by atoms with van der Waals surface area (Å²) in [7, 11) is 1.36. The standard InChI is InChI=1S/C9H8ClN5O3S/c10-19(17,18)9-14-13-8(15(9)5-1-2-5)6-3-4-7(16)12-11-6/h3-5H,1-2H2,(H,12,16). The smallest absolute Gasteiger partial charge is 0.292 e. The van der Waals surface area contributed by atoms with Crippen molar-refractivity contribution in [1.29, 1.82) is 0 Å². The third kappa shape index (κ3) is 2.26. The van der Waals surface area contributed by atoms with Gasteiger partial charge in [-0.05, 0) is 18.9 Å². The third-order valence-electron chi connectivity index (χ3n) is 2.70. The van der Waals surface area contributed by atoms with Crippen LogP contribution in [0.25, 0.3) is 11.5 Å². The molecule has 2 aromatic heterocycles. The van der Waals surface area contributed by atoms with E-state index in [1.165, 1.54) is 16.7 Å². The average molecular weight is 302 g/mol. The lowest BCUT2D eigenvalue weighted by molar-refractivity contribution is 0.578. The Bertz CT molecular complexity index is 772. The van der Waals surface area contributed by atoms with Gasteiger partial charge >= 0.3 is 0 Å². The Labute approximate surface area is 111 Å². The zero-order chi connectivity index (χ0) is 13.6. The highest BCUT2D eigenvalue weighted by molar-refractivity contribution is 8.13. The number of rotatable bonds is 3. The lowest BCUT2D eigenvalue weighted by Gasteiger charge is -2.05. The Balaban J connectivity index is 2.19. The van der Waals surface area contributed by atoms with Crippen LogP contribution < -0.4 is 5.56 Å². The van der Waals surface area contributed by atoms with E-state index in [0.29, 0.717) is 5.69 Å². The number of nitrogens with one attached hydrogen (secondary N) is 1. The van der Waals surface area contributed by atoms with Crippen LogP contribution in [-0.2, 0) is 9.05 Å². The van der Waals surface area contributed by atoms with E-state index in [1.54, 1.807) is 0 Å². The normalized spacial score (nSPS) is 15.6. The molecule has 0 amide bonds. The zero-order valence-electron chi connectivity index (χ0n) is 9.45. The van der Waals surface area contributed by atoms with E-state index in [4.69, 9.17) is 10.7 Å². The van der Waals surface area contributed by atoms with Crippen molar-refractivity contribution in [2.75, 3.05) is 0 Å². The van der Waals surface area contributed by atoms with Crippen LogP contribution in [0.1, 0.15) is 18.9 Å². The zero-order valence-corrected chi connectivity index (χ0v) is 11.0. The molecule has 10 heteroatoms. The van der Waals surface area contributed by atoms with Gasteiger partial charge in [-0.15, -0.1) is 10.2 Å². The summed E-state index contributed by atoms with van der Waals surface area (Å²) in [4.78, 5) is 11.0. The number of halogens is 1. The van der Waals surface area contributed by atoms with E-state index in [1.807, 2.05) is 0 Å². The highest BCUT2D eigenvalue weighted by Gasteiger charge is 2.34. The number of nitrogens with zero attached hydrogens (tertiary/aromatic N) is 4. The molecule has 0 bridgehead atoms. The number of hydrogen-bond donors (Lipinski definition) is 1. The lowest BCUT2D eigenvalue weighted by Crippen LogP contribution is -2.09. The maximum absolute atomic E-state index is 11.4. The van der Waals surface area contributed by atoms with E-state index in [0.717, 1.165) is 12.8 Å². The van der Waals surface area contributed by atoms with Gasteiger partial charge in [0.05, 0.1) is 0 Å². The second-order valence-corrected chi connectivity index (χ2v) is 6.61. The fraction of sp³-hybridized carbons (Fsp3) is 0.333. The molecular formula is C9H8ClN5O3S. The minimum absolute atomic E-state index is 0.00209. The van der Waals surface area contributed by atoms with Gasteiger partial charge in [0.25, 0.3) is 19.8 Å². The summed E-state index contributed by atoms with van der Waals surface area (Å²) in [6.07, 6.45) is 1.65. The lowest BCUT2D eigenvalue weighted by atomic mass is 10.3. The molecule has 1 aliphatic rings. The molecule has 1 N–H and O–H groups in total. The average Bonchev–Trinajstić information content (AvgIpc) is 3.07. The Hall–Kier alpha value is -1.74. The van der Waals surface area contributed by atoms with Crippen LogP contribution in [0.3, 0.4) is 0 Å². The van der Waals surface area contributed by atoms with Crippen LogP contribution in [-0.4, -0.2) is 33.4 Å². The predicted molar refractivity (Wildman–Crippen MR) is 65.2 cm³/mol. The van der Waals surface area contributed by atoms with Crippen molar-refractivity contribution in [3.8, 4) is 11.5 Å². The molecule has 19 heavy (non-hydrogen) atoms. The molecule has 2 heterocycles.